The zero-order valence-corrected chi connectivity index (χ0v) is 64.4. The van der Waals surface area contributed by atoms with Crippen LogP contribution >= 0.6 is 0 Å². The molecule has 6 aromatic rings. The molecule has 0 spiro atoms. The fourth-order valence-corrected chi connectivity index (χ4v) is 12.5. The van der Waals surface area contributed by atoms with Gasteiger partial charge < -0.3 is 87.3 Å². The molecule has 3 fully saturated rings. The van der Waals surface area contributed by atoms with E-state index in [9.17, 15) is 47.9 Å². The molecular formula is C82H101N11O17. The highest BCUT2D eigenvalue weighted by atomic mass is 16.6. The largest absolute Gasteiger partial charge is 0.497 e. The Balaban J connectivity index is 0.978. The normalized spacial score (nSPS) is 19.2. The number of rotatable bonds is 39. The number of epoxide rings is 3. The molecular weight excluding hydrogens is 1410 g/mol. The summed E-state index contributed by atoms with van der Waals surface area (Å²) in [4.78, 5) is 154. The standard InChI is InChI=1S/C82H101N11O17/c1-46(84-9)71(97)91-64(75(101)88-60(68(94)80(6)43-108-80)37-49-19-15-14-16-20-49)41-53-27-31-66(106-12)58(35-53)55-23-18-22-52(34-55)40-62(70(96)82(8)45-110-82)90-76(102)65(93-73(99)48(3)87-78(104)85-10)42-54-28-32-67(107-13)59(36-54)56-24-17-21-51(33-56)39-61(69(95)81(7)44-109-81)89-74(100)63(38-50-25-29-57(105-11)30-26-50)92-72(98)47(2)86-77(103)79(4,5)83/h14-36,46-48,60-65,84H,37-45,83H2,1-13H3,(H,86,103)(H,88,101)(H,89,100)(H,90,102)(H,91,97)(H,92,98)(H,93,99)(H2,85,87,104). The number of Topliss-reactive ketones (excluding diaryl/α,β-unsaturated/α-hetero) is 3. The van der Waals surface area contributed by atoms with Crippen molar-refractivity contribution in [3.05, 3.63) is 173 Å². The van der Waals surface area contributed by atoms with Crippen LogP contribution < -0.4 is 73.1 Å². The van der Waals surface area contributed by atoms with E-state index in [2.05, 4.69) is 53.2 Å². The molecule has 9 rings (SSSR count). The SMILES string of the molecule is CNC(=O)NC(C)C(=O)NC(Cc1ccc(OC)c(-c2cccc(CC(NC(=O)C(Cc3ccc(OC)cc3)NC(=O)C(C)NC(=O)C(C)(C)N)C(=O)C3(C)CO3)c2)c1)C(=O)NC(Cc1cccc(-c2cc(CC(NC(=O)C(C)NC)C(=O)NC(Cc3ccccc3)C(=O)C3(C)CO3)ccc2OC)c1)C(=O)C1(C)CO1. The van der Waals surface area contributed by atoms with Gasteiger partial charge >= 0.3 is 6.03 Å². The summed E-state index contributed by atoms with van der Waals surface area (Å²) in [6, 6.07) is 30.2. The predicted octanol–water partition coefficient (Wildman–Crippen LogP) is 3.55. The Morgan fingerprint density at radius 3 is 1.09 bits per heavy atom. The summed E-state index contributed by atoms with van der Waals surface area (Å²) in [5, 5.41) is 27.7. The summed E-state index contributed by atoms with van der Waals surface area (Å²) >= 11 is 0. The topological polar surface area (TPSA) is 399 Å². The lowest BCUT2D eigenvalue weighted by atomic mass is 9.91. The highest BCUT2D eigenvalue weighted by molar-refractivity contribution is 6.01. The molecule has 0 bridgehead atoms. The van der Waals surface area contributed by atoms with E-state index in [1.54, 1.807) is 120 Å². The van der Waals surface area contributed by atoms with Crippen LogP contribution in [0.1, 0.15) is 88.8 Å². The van der Waals surface area contributed by atoms with Gasteiger partial charge in [0.25, 0.3) is 0 Å². The number of hydrogen-bond acceptors (Lipinski definition) is 19. The average molecular weight is 1510 g/mol. The summed E-state index contributed by atoms with van der Waals surface area (Å²) in [5.74, 6) is -4.25. The van der Waals surface area contributed by atoms with Crippen molar-refractivity contribution in [2.24, 2.45) is 5.73 Å². The van der Waals surface area contributed by atoms with Crippen molar-refractivity contribution in [2.45, 2.75) is 171 Å². The Bertz CT molecular complexity index is 4380. The van der Waals surface area contributed by atoms with Crippen molar-refractivity contribution in [3.8, 4) is 39.5 Å². The Kier molecular flexibility index (Phi) is 27.3. The molecule has 110 heavy (non-hydrogen) atoms. The van der Waals surface area contributed by atoms with E-state index >= 15 is 4.79 Å². The quantitative estimate of drug-likeness (QED) is 0.0246. The van der Waals surface area contributed by atoms with Crippen molar-refractivity contribution < 1.29 is 81.2 Å². The number of carbonyl (C=O) groups excluding carboxylic acids is 11. The highest BCUT2D eigenvalue weighted by Gasteiger charge is 2.53. The van der Waals surface area contributed by atoms with Crippen LogP contribution in [0.5, 0.6) is 17.2 Å². The molecule has 12 atom stereocenters. The van der Waals surface area contributed by atoms with Crippen LogP contribution in [-0.4, -0.2) is 197 Å². The smallest absolute Gasteiger partial charge is 0.315 e. The molecule has 12 unspecified atom stereocenters. The third-order valence-electron chi connectivity index (χ3n) is 19.9. The third-order valence-corrected chi connectivity index (χ3v) is 19.9. The lowest BCUT2D eigenvalue weighted by molar-refractivity contribution is -0.134. The monoisotopic (exact) mass is 1510 g/mol. The Labute approximate surface area is 640 Å². The summed E-state index contributed by atoms with van der Waals surface area (Å²) < 4.78 is 34.0. The number of carbonyl (C=O) groups is 11. The van der Waals surface area contributed by atoms with Crippen molar-refractivity contribution in [1.82, 2.24) is 53.2 Å². The van der Waals surface area contributed by atoms with Crippen LogP contribution in [0.3, 0.4) is 0 Å². The molecule has 6 aromatic carbocycles. The molecule has 0 aliphatic carbocycles. The van der Waals surface area contributed by atoms with E-state index in [0.717, 1.165) is 5.56 Å². The number of ether oxygens (including phenoxy) is 6. The van der Waals surface area contributed by atoms with Gasteiger partial charge in [-0.2, -0.15) is 0 Å². The summed E-state index contributed by atoms with van der Waals surface area (Å²) in [6.07, 6.45) is -0.140. The molecule has 9 amide bonds. The van der Waals surface area contributed by atoms with Crippen LogP contribution in [0, 0.1) is 0 Å². The van der Waals surface area contributed by atoms with Gasteiger partial charge in [0.1, 0.15) is 64.3 Å². The second-order valence-electron chi connectivity index (χ2n) is 29.4. The van der Waals surface area contributed by atoms with Gasteiger partial charge in [-0.3, -0.25) is 47.9 Å². The van der Waals surface area contributed by atoms with Crippen molar-refractivity contribution in [2.75, 3.05) is 55.2 Å². The lowest BCUT2D eigenvalue weighted by Crippen LogP contribution is -2.59. The molecule has 3 aliphatic rings. The average Bonchev–Trinajstić information content (AvgIpc) is 1.61. The van der Waals surface area contributed by atoms with Gasteiger partial charge in [-0.1, -0.05) is 103 Å². The first kappa shape index (κ1) is 83.1. The minimum atomic E-state index is -1.40. The number of methoxy groups -OCH3 is 3. The second kappa shape index (κ2) is 36.1. The number of ketones is 3. The van der Waals surface area contributed by atoms with Crippen molar-refractivity contribution >= 4 is 64.7 Å². The van der Waals surface area contributed by atoms with E-state index in [-0.39, 0.29) is 64.1 Å². The Morgan fingerprint density at radius 2 is 0.727 bits per heavy atom. The van der Waals surface area contributed by atoms with Gasteiger partial charge in [0.05, 0.1) is 70.9 Å². The predicted molar refractivity (Wildman–Crippen MR) is 410 cm³/mol. The highest BCUT2D eigenvalue weighted by Crippen LogP contribution is 2.37. The van der Waals surface area contributed by atoms with Gasteiger partial charge in [0.2, 0.25) is 41.4 Å². The molecule has 0 radical (unpaired) electrons. The molecule has 28 heteroatoms. The summed E-state index contributed by atoms with van der Waals surface area (Å²) in [5.41, 5.74) is 7.23. The number of benzene rings is 6. The molecule has 586 valence electrons. The van der Waals surface area contributed by atoms with Crippen LogP contribution in [0.25, 0.3) is 22.3 Å². The Morgan fingerprint density at radius 1 is 0.400 bits per heavy atom. The number of nitrogens with two attached hydrogens (primary N) is 1. The maximum absolute atomic E-state index is 15.2. The summed E-state index contributed by atoms with van der Waals surface area (Å²) in [7, 11) is 7.51. The van der Waals surface area contributed by atoms with Crippen LogP contribution in [0.4, 0.5) is 4.79 Å². The second-order valence-corrected chi connectivity index (χ2v) is 29.4. The van der Waals surface area contributed by atoms with Gasteiger partial charge in [-0.15, -0.1) is 0 Å². The zero-order chi connectivity index (χ0) is 80.0. The number of likely N-dealkylation sites (N-methyl/N-ethyl adjacent to an activating group) is 1. The van der Waals surface area contributed by atoms with Gasteiger partial charge in [-0.05, 0) is 163 Å². The molecule has 0 saturated carbocycles. The minimum absolute atomic E-state index is 0.0155. The van der Waals surface area contributed by atoms with Crippen molar-refractivity contribution in [3.63, 3.8) is 0 Å². The van der Waals surface area contributed by atoms with E-state index in [1.807, 2.05) is 54.6 Å². The van der Waals surface area contributed by atoms with Gasteiger partial charge in [0.15, 0.2) is 17.3 Å². The fourth-order valence-electron chi connectivity index (χ4n) is 12.5. The maximum atomic E-state index is 15.2. The molecule has 3 heterocycles. The molecule has 3 aliphatic heterocycles. The van der Waals surface area contributed by atoms with Gasteiger partial charge in [-0.25, -0.2) is 4.79 Å². The molecule has 12 N–H and O–H groups in total. The van der Waals surface area contributed by atoms with E-state index in [0.29, 0.717) is 67.3 Å². The van der Waals surface area contributed by atoms with E-state index < -0.39 is 136 Å². The van der Waals surface area contributed by atoms with Crippen LogP contribution in [-0.2, 0) is 101 Å². The molecule has 28 nitrogen and oxygen atoms in total. The van der Waals surface area contributed by atoms with E-state index in [1.165, 1.54) is 56.1 Å². The summed E-state index contributed by atoms with van der Waals surface area (Å²) in [6.45, 7) is 12.8. The molecule has 3 saturated heterocycles. The van der Waals surface area contributed by atoms with Crippen LogP contribution in [0.2, 0.25) is 0 Å². The Hall–Kier alpha value is -10.9. The first-order valence-electron chi connectivity index (χ1n) is 36.5. The fraction of sp³-hybridized carbons (Fsp3) is 0.427. The van der Waals surface area contributed by atoms with Crippen molar-refractivity contribution in [1.29, 1.82) is 0 Å². The number of amides is 9. The number of urea groups is 1. The third kappa shape index (κ3) is 22.0. The first-order valence-corrected chi connectivity index (χ1v) is 36.5. The number of hydrogen-bond donors (Lipinski definition) is 11. The number of nitrogens with one attached hydrogen (secondary N) is 10. The van der Waals surface area contributed by atoms with E-state index in [4.69, 9.17) is 34.2 Å². The minimum Gasteiger partial charge on any atom is -0.497 e. The first-order chi connectivity index (χ1) is 52.2. The maximum Gasteiger partial charge on any atom is 0.315 e. The van der Waals surface area contributed by atoms with Crippen LogP contribution in [0.15, 0.2) is 140 Å². The molecule has 0 aromatic heterocycles. The zero-order valence-electron chi connectivity index (χ0n) is 64.4. The lowest BCUT2D eigenvalue weighted by Gasteiger charge is -2.26. The van der Waals surface area contributed by atoms with Gasteiger partial charge in [0, 0.05) is 37.4 Å².